The molecule has 6 nitrogen and oxygen atoms in total. The van der Waals surface area contributed by atoms with E-state index < -0.39 is 18.3 Å². The molecule has 122 valence electrons. The standard InChI is InChI=1S/C17H20N2O4/c20-14-9-23-15(17(14)21)10-22-12-4-2-11-3-5-16(18-13(11)8-12)19-6-1-7-19/h2-5,8,14-15,17,20-21H,1,6-7,9-10H2. The Kier molecular flexibility index (Phi) is 3.80. The first-order valence-electron chi connectivity index (χ1n) is 7.97. The monoisotopic (exact) mass is 316 g/mol. The second kappa shape index (κ2) is 5.96. The zero-order valence-corrected chi connectivity index (χ0v) is 12.8. The Morgan fingerprint density at radius 2 is 2.04 bits per heavy atom. The van der Waals surface area contributed by atoms with Gasteiger partial charge in [0.2, 0.25) is 0 Å². The minimum Gasteiger partial charge on any atom is -0.491 e. The third-order valence-corrected chi connectivity index (χ3v) is 4.50. The first-order valence-corrected chi connectivity index (χ1v) is 7.97. The van der Waals surface area contributed by atoms with Crippen LogP contribution in [0.3, 0.4) is 0 Å². The van der Waals surface area contributed by atoms with Crippen LogP contribution in [0.25, 0.3) is 10.9 Å². The summed E-state index contributed by atoms with van der Waals surface area (Å²) in [6.45, 7) is 2.48. The molecule has 1 aromatic carbocycles. The van der Waals surface area contributed by atoms with E-state index in [2.05, 4.69) is 16.0 Å². The van der Waals surface area contributed by atoms with E-state index in [0.717, 1.165) is 29.8 Å². The lowest BCUT2D eigenvalue weighted by Gasteiger charge is -2.32. The SMILES string of the molecule is OC1COC(COc2ccc3ccc(N4CCC4)nc3c2)C1O. The van der Waals surface area contributed by atoms with Gasteiger partial charge in [-0.15, -0.1) is 0 Å². The molecule has 2 aromatic rings. The molecule has 6 heteroatoms. The van der Waals surface area contributed by atoms with Gasteiger partial charge in [0.15, 0.2) is 0 Å². The Hall–Kier alpha value is -1.89. The van der Waals surface area contributed by atoms with E-state index in [1.165, 1.54) is 6.42 Å². The number of hydrogen-bond acceptors (Lipinski definition) is 6. The molecule has 0 bridgehead atoms. The second-order valence-corrected chi connectivity index (χ2v) is 6.11. The van der Waals surface area contributed by atoms with Crippen LogP contribution in [-0.2, 0) is 4.74 Å². The fourth-order valence-electron chi connectivity index (χ4n) is 2.89. The van der Waals surface area contributed by atoms with Crippen LogP contribution in [0.4, 0.5) is 5.82 Å². The Labute approximate surface area is 134 Å². The summed E-state index contributed by atoms with van der Waals surface area (Å²) < 4.78 is 11.0. The van der Waals surface area contributed by atoms with Crippen molar-refractivity contribution in [2.75, 3.05) is 31.2 Å². The summed E-state index contributed by atoms with van der Waals surface area (Å²) in [5.74, 6) is 1.68. The number of aliphatic hydroxyl groups is 2. The predicted octanol–water partition coefficient (Wildman–Crippen LogP) is 0.944. The molecule has 3 atom stereocenters. The number of hydrogen-bond donors (Lipinski definition) is 2. The molecule has 0 saturated carbocycles. The summed E-state index contributed by atoms with van der Waals surface area (Å²) in [5.41, 5.74) is 0.889. The summed E-state index contributed by atoms with van der Waals surface area (Å²) in [7, 11) is 0. The molecule has 23 heavy (non-hydrogen) atoms. The van der Waals surface area contributed by atoms with Gasteiger partial charge in [-0.2, -0.15) is 0 Å². The molecular weight excluding hydrogens is 296 g/mol. The summed E-state index contributed by atoms with van der Waals surface area (Å²) in [4.78, 5) is 6.94. The van der Waals surface area contributed by atoms with Crippen molar-refractivity contribution >= 4 is 16.7 Å². The number of pyridine rings is 1. The minimum absolute atomic E-state index is 0.146. The third-order valence-electron chi connectivity index (χ3n) is 4.50. The zero-order chi connectivity index (χ0) is 15.8. The molecule has 3 unspecified atom stereocenters. The maximum Gasteiger partial charge on any atom is 0.129 e. The highest BCUT2D eigenvalue weighted by molar-refractivity contribution is 5.81. The molecule has 0 aliphatic carbocycles. The van der Waals surface area contributed by atoms with Gasteiger partial charge in [0, 0.05) is 24.5 Å². The van der Waals surface area contributed by atoms with Crippen LogP contribution in [0.1, 0.15) is 6.42 Å². The summed E-state index contributed by atoms with van der Waals surface area (Å²) in [5, 5.41) is 20.3. The van der Waals surface area contributed by atoms with Gasteiger partial charge < -0.3 is 24.6 Å². The van der Waals surface area contributed by atoms with Crippen LogP contribution in [-0.4, -0.2) is 59.8 Å². The molecule has 2 fully saturated rings. The number of anilines is 1. The molecule has 2 N–H and O–H groups in total. The summed E-state index contributed by atoms with van der Waals surface area (Å²) in [6.07, 6.45) is -1.01. The van der Waals surface area contributed by atoms with Gasteiger partial charge in [0.25, 0.3) is 0 Å². The smallest absolute Gasteiger partial charge is 0.129 e. The van der Waals surface area contributed by atoms with Crippen LogP contribution in [0.5, 0.6) is 5.75 Å². The van der Waals surface area contributed by atoms with E-state index in [1.807, 2.05) is 24.3 Å². The van der Waals surface area contributed by atoms with Gasteiger partial charge in [-0.05, 0) is 30.7 Å². The lowest BCUT2D eigenvalue weighted by atomic mass is 10.1. The average Bonchev–Trinajstić information content (AvgIpc) is 2.82. The lowest BCUT2D eigenvalue weighted by molar-refractivity contribution is -0.0000675. The van der Waals surface area contributed by atoms with Gasteiger partial charge in [0.05, 0.1) is 12.1 Å². The van der Waals surface area contributed by atoms with Crippen molar-refractivity contribution in [3.63, 3.8) is 0 Å². The van der Waals surface area contributed by atoms with Gasteiger partial charge in [-0.25, -0.2) is 4.98 Å². The van der Waals surface area contributed by atoms with Gasteiger partial charge in [-0.1, -0.05) is 0 Å². The van der Waals surface area contributed by atoms with Crippen LogP contribution < -0.4 is 9.64 Å². The number of benzene rings is 1. The van der Waals surface area contributed by atoms with Crippen molar-refractivity contribution in [2.45, 2.75) is 24.7 Å². The third kappa shape index (κ3) is 2.85. The number of aromatic nitrogens is 1. The van der Waals surface area contributed by atoms with E-state index in [1.54, 1.807) is 0 Å². The molecule has 2 aliphatic heterocycles. The molecule has 2 saturated heterocycles. The van der Waals surface area contributed by atoms with Crippen molar-refractivity contribution < 1.29 is 19.7 Å². The predicted molar refractivity (Wildman–Crippen MR) is 85.8 cm³/mol. The van der Waals surface area contributed by atoms with Crippen LogP contribution in [0.15, 0.2) is 30.3 Å². The number of aliphatic hydroxyl groups excluding tert-OH is 2. The Bertz CT molecular complexity index is 704. The molecular formula is C17H20N2O4. The van der Waals surface area contributed by atoms with Gasteiger partial charge >= 0.3 is 0 Å². The lowest BCUT2D eigenvalue weighted by Crippen LogP contribution is -2.37. The van der Waals surface area contributed by atoms with Crippen molar-refractivity contribution in [1.82, 2.24) is 4.98 Å². The molecule has 4 rings (SSSR count). The van der Waals surface area contributed by atoms with E-state index in [-0.39, 0.29) is 13.2 Å². The number of ether oxygens (including phenoxy) is 2. The largest absolute Gasteiger partial charge is 0.491 e. The molecule has 2 aliphatic rings. The zero-order valence-electron chi connectivity index (χ0n) is 12.8. The van der Waals surface area contributed by atoms with E-state index in [9.17, 15) is 10.2 Å². The molecule has 0 radical (unpaired) electrons. The topological polar surface area (TPSA) is 75.0 Å². The van der Waals surface area contributed by atoms with E-state index in [4.69, 9.17) is 9.47 Å². The van der Waals surface area contributed by atoms with Crippen LogP contribution in [0.2, 0.25) is 0 Å². The summed E-state index contributed by atoms with van der Waals surface area (Å²) in [6, 6.07) is 9.87. The number of rotatable bonds is 4. The summed E-state index contributed by atoms with van der Waals surface area (Å²) >= 11 is 0. The first-order chi connectivity index (χ1) is 11.2. The van der Waals surface area contributed by atoms with E-state index in [0.29, 0.717) is 5.75 Å². The first kappa shape index (κ1) is 14.7. The van der Waals surface area contributed by atoms with E-state index >= 15 is 0 Å². The number of fused-ring (bicyclic) bond motifs is 1. The fourth-order valence-corrected chi connectivity index (χ4v) is 2.89. The fraction of sp³-hybridized carbons (Fsp3) is 0.471. The minimum atomic E-state index is -0.897. The normalized spacial score (nSPS) is 27.2. The highest BCUT2D eigenvalue weighted by Gasteiger charge is 2.34. The molecule has 0 spiro atoms. The maximum atomic E-state index is 9.77. The van der Waals surface area contributed by atoms with Crippen LogP contribution in [0, 0.1) is 0 Å². The highest BCUT2D eigenvalue weighted by atomic mass is 16.6. The van der Waals surface area contributed by atoms with Crippen molar-refractivity contribution in [1.29, 1.82) is 0 Å². The second-order valence-electron chi connectivity index (χ2n) is 6.11. The van der Waals surface area contributed by atoms with Crippen molar-refractivity contribution in [3.05, 3.63) is 30.3 Å². The Morgan fingerprint density at radius 1 is 1.22 bits per heavy atom. The Morgan fingerprint density at radius 3 is 2.74 bits per heavy atom. The van der Waals surface area contributed by atoms with Crippen LogP contribution >= 0.6 is 0 Å². The Balaban J connectivity index is 1.49. The quantitative estimate of drug-likeness (QED) is 0.874. The molecule has 0 amide bonds. The average molecular weight is 316 g/mol. The molecule has 1 aromatic heterocycles. The van der Waals surface area contributed by atoms with Gasteiger partial charge in [-0.3, -0.25) is 0 Å². The number of nitrogens with zero attached hydrogens (tertiary/aromatic N) is 2. The highest BCUT2D eigenvalue weighted by Crippen LogP contribution is 2.25. The molecule has 3 heterocycles. The van der Waals surface area contributed by atoms with Crippen molar-refractivity contribution in [2.24, 2.45) is 0 Å². The maximum absolute atomic E-state index is 9.77. The van der Waals surface area contributed by atoms with Gasteiger partial charge in [0.1, 0.15) is 36.5 Å². The van der Waals surface area contributed by atoms with Crippen molar-refractivity contribution in [3.8, 4) is 5.75 Å².